The zero-order chi connectivity index (χ0) is 14.9. The van der Waals surface area contributed by atoms with Crippen molar-refractivity contribution in [3.8, 4) is 0 Å². The molecule has 20 heavy (non-hydrogen) atoms. The van der Waals surface area contributed by atoms with Crippen molar-refractivity contribution in [2.24, 2.45) is 5.41 Å². The van der Waals surface area contributed by atoms with E-state index in [1.165, 1.54) is 0 Å². The minimum atomic E-state index is -1.03. The van der Waals surface area contributed by atoms with Gasteiger partial charge in [-0.2, -0.15) is 0 Å². The summed E-state index contributed by atoms with van der Waals surface area (Å²) >= 11 is 0. The molecule has 3 N–H and O–H groups in total. The van der Waals surface area contributed by atoms with Gasteiger partial charge in [0.05, 0.1) is 11.8 Å². The molecule has 2 amide bonds. The highest BCUT2D eigenvalue weighted by Gasteiger charge is 2.28. The number of anilines is 1. The molecule has 0 aromatic heterocycles. The van der Waals surface area contributed by atoms with Crippen LogP contribution in [0.25, 0.3) is 0 Å². The summed E-state index contributed by atoms with van der Waals surface area (Å²) in [6.45, 7) is 3.11. The number of benzene rings is 1. The van der Waals surface area contributed by atoms with Gasteiger partial charge in [0.1, 0.15) is 0 Å². The summed E-state index contributed by atoms with van der Waals surface area (Å²) in [6.07, 6.45) is 0.323. The largest absolute Gasteiger partial charge is 0.481 e. The van der Waals surface area contributed by atoms with Crippen LogP contribution in [0.3, 0.4) is 0 Å². The van der Waals surface area contributed by atoms with Crippen LogP contribution in [0.1, 0.15) is 29.8 Å². The van der Waals surface area contributed by atoms with Crippen LogP contribution in [-0.4, -0.2) is 29.4 Å². The fourth-order valence-electron chi connectivity index (χ4n) is 1.83. The van der Waals surface area contributed by atoms with E-state index in [2.05, 4.69) is 10.6 Å². The van der Waals surface area contributed by atoms with E-state index < -0.39 is 11.4 Å². The third-order valence-corrected chi connectivity index (χ3v) is 3.27. The van der Waals surface area contributed by atoms with Crippen molar-refractivity contribution < 1.29 is 19.5 Å². The fourth-order valence-corrected chi connectivity index (χ4v) is 1.83. The standard InChI is InChI=1S/C14H16N2O4/c1-14(2,13(19)20)7-15-12(18)9-4-3-8-6-11(17)16-10(8)5-9/h3-5H,6-7H2,1-2H3,(H,15,18)(H,16,17)(H,19,20). The van der Waals surface area contributed by atoms with Crippen molar-refractivity contribution in [2.45, 2.75) is 20.3 Å². The zero-order valence-corrected chi connectivity index (χ0v) is 11.3. The first kappa shape index (κ1) is 14.0. The van der Waals surface area contributed by atoms with E-state index in [-0.39, 0.29) is 18.4 Å². The summed E-state index contributed by atoms with van der Waals surface area (Å²) in [5.74, 6) is -1.42. The van der Waals surface area contributed by atoms with Gasteiger partial charge in [-0.25, -0.2) is 0 Å². The van der Waals surface area contributed by atoms with Crippen LogP contribution < -0.4 is 10.6 Å². The molecule has 0 atom stereocenters. The van der Waals surface area contributed by atoms with Gasteiger partial charge in [-0.1, -0.05) is 6.07 Å². The van der Waals surface area contributed by atoms with Crippen molar-refractivity contribution >= 4 is 23.5 Å². The second kappa shape index (κ2) is 4.96. The van der Waals surface area contributed by atoms with E-state index in [0.29, 0.717) is 17.7 Å². The number of aliphatic carboxylic acids is 1. The molecule has 0 spiro atoms. The molecular formula is C14H16N2O4. The lowest BCUT2D eigenvalue weighted by molar-refractivity contribution is -0.146. The van der Waals surface area contributed by atoms with Gasteiger partial charge in [-0.3, -0.25) is 14.4 Å². The Morgan fingerprint density at radius 1 is 1.40 bits per heavy atom. The highest BCUT2D eigenvalue weighted by molar-refractivity contribution is 6.02. The minimum Gasteiger partial charge on any atom is -0.481 e. The molecule has 0 bridgehead atoms. The first-order valence-corrected chi connectivity index (χ1v) is 6.24. The summed E-state index contributed by atoms with van der Waals surface area (Å²) in [5.41, 5.74) is 0.866. The third-order valence-electron chi connectivity index (χ3n) is 3.27. The van der Waals surface area contributed by atoms with Crippen LogP contribution >= 0.6 is 0 Å². The van der Waals surface area contributed by atoms with Crippen LogP contribution in [0, 0.1) is 5.41 Å². The van der Waals surface area contributed by atoms with Crippen molar-refractivity contribution in [2.75, 3.05) is 11.9 Å². The lowest BCUT2D eigenvalue weighted by Crippen LogP contribution is -2.38. The second-order valence-electron chi connectivity index (χ2n) is 5.47. The van der Waals surface area contributed by atoms with Crippen LogP contribution in [0.4, 0.5) is 5.69 Å². The summed E-state index contributed by atoms with van der Waals surface area (Å²) in [5, 5.41) is 14.2. The molecule has 1 aliphatic rings. The molecule has 1 heterocycles. The molecule has 1 aromatic rings. The first-order valence-electron chi connectivity index (χ1n) is 6.24. The molecule has 106 valence electrons. The number of hydrogen-bond acceptors (Lipinski definition) is 3. The van der Waals surface area contributed by atoms with Crippen molar-refractivity contribution in [3.05, 3.63) is 29.3 Å². The maximum Gasteiger partial charge on any atom is 0.310 e. The fraction of sp³-hybridized carbons (Fsp3) is 0.357. The molecule has 1 aromatic carbocycles. The number of nitrogens with one attached hydrogen (secondary N) is 2. The van der Waals surface area contributed by atoms with E-state index >= 15 is 0 Å². The Hall–Kier alpha value is -2.37. The van der Waals surface area contributed by atoms with Crippen molar-refractivity contribution in [1.82, 2.24) is 5.32 Å². The molecule has 0 fully saturated rings. The summed E-state index contributed by atoms with van der Waals surface area (Å²) < 4.78 is 0. The summed E-state index contributed by atoms with van der Waals surface area (Å²) in [7, 11) is 0. The minimum absolute atomic E-state index is 0.0324. The maximum atomic E-state index is 12.0. The van der Waals surface area contributed by atoms with Crippen LogP contribution in [0.5, 0.6) is 0 Å². The SMILES string of the molecule is CC(C)(CNC(=O)c1ccc2c(c1)NC(=O)C2)C(=O)O. The molecule has 0 radical (unpaired) electrons. The number of carbonyl (C=O) groups is 3. The smallest absolute Gasteiger partial charge is 0.310 e. The highest BCUT2D eigenvalue weighted by atomic mass is 16.4. The van der Waals surface area contributed by atoms with Crippen LogP contribution in [0.2, 0.25) is 0 Å². The molecule has 0 saturated heterocycles. The average Bonchev–Trinajstić information content (AvgIpc) is 2.74. The van der Waals surface area contributed by atoms with Crippen molar-refractivity contribution in [1.29, 1.82) is 0 Å². The molecule has 0 unspecified atom stereocenters. The van der Waals surface area contributed by atoms with Crippen molar-refractivity contribution in [3.63, 3.8) is 0 Å². The van der Waals surface area contributed by atoms with Gasteiger partial charge in [-0.15, -0.1) is 0 Å². The normalized spacial score (nSPS) is 13.6. The molecule has 1 aliphatic heterocycles. The number of hydrogen-bond donors (Lipinski definition) is 3. The Kier molecular flexibility index (Phi) is 3.48. The van der Waals surface area contributed by atoms with Crippen LogP contribution in [-0.2, 0) is 16.0 Å². The lowest BCUT2D eigenvalue weighted by atomic mass is 9.94. The summed E-state index contributed by atoms with van der Waals surface area (Å²) in [4.78, 5) is 34.2. The predicted molar refractivity (Wildman–Crippen MR) is 72.5 cm³/mol. The van der Waals surface area contributed by atoms with E-state index in [9.17, 15) is 14.4 Å². The Bertz CT molecular complexity index is 593. The highest BCUT2D eigenvalue weighted by Crippen LogP contribution is 2.24. The Morgan fingerprint density at radius 2 is 2.10 bits per heavy atom. The topological polar surface area (TPSA) is 95.5 Å². The van der Waals surface area contributed by atoms with Gasteiger partial charge in [0.2, 0.25) is 5.91 Å². The lowest BCUT2D eigenvalue weighted by Gasteiger charge is -2.19. The van der Waals surface area contributed by atoms with Crippen LogP contribution in [0.15, 0.2) is 18.2 Å². The number of rotatable bonds is 4. The van der Waals surface area contributed by atoms with Gasteiger partial charge >= 0.3 is 5.97 Å². The van der Waals surface area contributed by atoms with E-state index in [1.807, 2.05) is 0 Å². The molecule has 0 aliphatic carbocycles. The number of amides is 2. The van der Waals surface area contributed by atoms with E-state index in [4.69, 9.17) is 5.11 Å². The van der Waals surface area contributed by atoms with E-state index in [0.717, 1.165) is 5.56 Å². The van der Waals surface area contributed by atoms with E-state index in [1.54, 1.807) is 32.0 Å². The molecule has 2 rings (SSSR count). The number of carboxylic acids is 1. The maximum absolute atomic E-state index is 12.0. The Morgan fingerprint density at radius 3 is 2.75 bits per heavy atom. The van der Waals surface area contributed by atoms with Gasteiger partial charge in [-0.05, 0) is 31.5 Å². The first-order chi connectivity index (χ1) is 9.29. The third kappa shape index (κ3) is 2.79. The molecule has 0 saturated carbocycles. The Balaban J connectivity index is 2.06. The molecule has 6 heteroatoms. The number of carboxylic acid groups (broad SMARTS) is 1. The van der Waals surface area contributed by atoms with Gasteiger partial charge in [0.25, 0.3) is 5.91 Å². The summed E-state index contributed by atoms with van der Waals surface area (Å²) in [6, 6.07) is 4.95. The quantitative estimate of drug-likeness (QED) is 0.765. The predicted octanol–water partition coefficient (Wildman–Crippen LogP) is 1.02. The number of carbonyl (C=O) groups excluding carboxylic acids is 2. The Labute approximate surface area is 116 Å². The molecular weight excluding hydrogens is 260 g/mol. The van der Waals surface area contributed by atoms with Gasteiger partial charge in [0, 0.05) is 17.8 Å². The zero-order valence-electron chi connectivity index (χ0n) is 11.3. The second-order valence-corrected chi connectivity index (χ2v) is 5.47. The van der Waals surface area contributed by atoms with Gasteiger partial charge < -0.3 is 15.7 Å². The number of fused-ring (bicyclic) bond motifs is 1. The van der Waals surface area contributed by atoms with Gasteiger partial charge in [0.15, 0.2) is 0 Å². The average molecular weight is 276 g/mol. The molecule has 6 nitrogen and oxygen atoms in total. The monoisotopic (exact) mass is 276 g/mol.